The van der Waals surface area contributed by atoms with Gasteiger partial charge in [-0.05, 0) is 25.0 Å². The summed E-state index contributed by atoms with van der Waals surface area (Å²) in [6, 6.07) is 8.54. The Morgan fingerprint density at radius 1 is 1.21 bits per heavy atom. The molecule has 1 aromatic carbocycles. The lowest BCUT2D eigenvalue weighted by atomic mass is 10.0. The summed E-state index contributed by atoms with van der Waals surface area (Å²) in [5.74, 6) is -0.128. The fourth-order valence-electron chi connectivity index (χ4n) is 3.87. The number of ether oxygens (including phenoxy) is 2. The summed E-state index contributed by atoms with van der Waals surface area (Å²) < 4.78 is 10.9. The highest BCUT2D eigenvalue weighted by atomic mass is 16.5. The molecule has 0 spiro atoms. The molecule has 2 saturated heterocycles. The van der Waals surface area contributed by atoms with Crippen molar-refractivity contribution in [3.63, 3.8) is 0 Å². The van der Waals surface area contributed by atoms with Crippen LogP contribution >= 0.6 is 0 Å². The van der Waals surface area contributed by atoms with E-state index in [1.54, 1.807) is 36.3 Å². The summed E-state index contributed by atoms with van der Waals surface area (Å²) in [6.45, 7) is 1.14. The maximum Gasteiger partial charge on any atom is 0.319 e. The van der Waals surface area contributed by atoms with Crippen molar-refractivity contribution in [1.29, 1.82) is 0 Å². The van der Waals surface area contributed by atoms with Gasteiger partial charge in [0.15, 0.2) is 0 Å². The topological polar surface area (TPSA) is 120 Å². The van der Waals surface area contributed by atoms with E-state index in [1.165, 1.54) is 0 Å². The van der Waals surface area contributed by atoms with Gasteiger partial charge in [0.05, 0.1) is 25.2 Å². The molecule has 0 saturated carbocycles. The minimum atomic E-state index is -1.19. The molecule has 3 amide bonds. The number of rotatable bonds is 7. The molecule has 9 heteroatoms. The predicted octanol–water partition coefficient (Wildman–Crippen LogP) is 0.325. The van der Waals surface area contributed by atoms with Crippen molar-refractivity contribution in [3.05, 3.63) is 30.3 Å². The van der Waals surface area contributed by atoms with E-state index in [2.05, 4.69) is 10.6 Å². The van der Waals surface area contributed by atoms with Gasteiger partial charge >= 0.3 is 6.03 Å². The van der Waals surface area contributed by atoms with Crippen molar-refractivity contribution in [2.45, 2.75) is 49.7 Å². The summed E-state index contributed by atoms with van der Waals surface area (Å²) in [4.78, 5) is 26.4. The largest absolute Gasteiger partial charge is 0.388 e. The first-order valence-electron chi connectivity index (χ1n) is 9.89. The number of urea groups is 1. The zero-order chi connectivity index (χ0) is 20.8. The molecular formula is C20H29N3O6. The maximum atomic E-state index is 12.6. The Bertz CT molecular complexity index is 688. The standard InChI is InChI=1S/C20H29N3O6/c1-28-12-14-8-5-9-23(14)17(24)10-15-18(25)19(26)16(29-15)11-21-20(27)22-13-6-3-2-4-7-13/h2-4,6-7,14-16,18-19,25-26H,5,8-12H2,1H3,(H2,21,22,27)/t14-,15+,16-,18+,19-/m1/s1. The maximum absolute atomic E-state index is 12.6. The number of para-hydroxylation sites is 1. The second kappa shape index (κ2) is 10.0. The van der Waals surface area contributed by atoms with Gasteiger partial charge in [-0.3, -0.25) is 4.79 Å². The number of carbonyl (C=O) groups excluding carboxylic acids is 2. The van der Waals surface area contributed by atoms with Gasteiger partial charge < -0.3 is 35.2 Å². The molecule has 2 heterocycles. The quantitative estimate of drug-likeness (QED) is 0.517. The summed E-state index contributed by atoms with van der Waals surface area (Å²) in [5.41, 5.74) is 0.637. The third kappa shape index (κ3) is 5.45. The van der Waals surface area contributed by atoms with Crippen LogP contribution in [0.2, 0.25) is 0 Å². The van der Waals surface area contributed by atoms with Crippen molar-refractivity contribution >= 4 is 17.6 Å². The lowest BCUT2D eigenvalue weighted by Crippen LogP contribution is -2.42. The SMILES string of the molecule is COC[C@H]1CCCN1C(=O)C[C@@H]1O[C@H](CNC(=O)Nc2ccccc2)[C@@H](O)[C@H]1O. The van der Waals surface area contributed by atoms with Crippen LogP contribution in [0.3, 0.4) is 0 Å². The van der Waals surface area contributed by atoms with Crippen molar-refractivity contribution in [3.8, 4) is 0 Å². The molecule has 3 rings (SSSR count). The molecular weight excluding hydrogens is 378 g/mol. The van der Waals surface area contributed by atoms with Gasteiger partial charge in [0, 0.05) is 25.9 Å². The fraction of sp³-hybridized carbons (Fsp3) is 0.600. The van der Waals surface area contributed by atoms with Gasteiger partial charge in [-0.15, -0.1) is 0 Å². The van der Waals surface area contributed by atoms with E-state index in [0.29, 0.717) is 18.8 Å². The number of benzene rings is 1. The van der Waals surface area contributed by atoms with Crippen LogP contribution in [-0.4, -0.2) is 84.3 Å². The van der Waals surface area contributed by atoms with E-state index in [0.717, 1.165) is 12.8 Å². The summed E-state index contributed by atoms with van der Waals surface area (Å²) >= 11 is 0. The minimum Gasteiger partial charge on any atom is -0.388 e. The number of hydrogen-bond donors (Lipinski definition) is 4. The number of hydrogen-bond acceptors (Lipinski definition) is 6. The van der Waals surface area contributed by atoms with Crippen molar-refractivity contribution in [2.75, 3.05) is 32.1 Å². The number of anilines is 1. The Balaban J connectivity index is 1.48. The summed E-state index contributed by atoms with van der Waals surface area (Å²) in [7, 11) is 1.60. The van der Waals surface area contributed by atoms with Crippen LogP contribution in [-0.2, 0) is 14.3 Å². The Kier molecular flexibility index (Phi) is 7.43. The van der Waals surface area contributed by atoms with E-state index in [9.17, 15) is 19.8 Å². The molecule has 2 aliphatic rings. The van der Waals surface area contributed by atoms with Gasteiger partial charge in [-0.2, -0.15) is 0 Å². The van der Waals surface area contributed by atoms with E-state index in [-0.39, 0.29) is 24.9 Å². The van der Waals surface area contributed by atoms with E-state index in [4.69, 9.17) is 9.47 Å². The summed E-state index contributed by atoms with van der Waals surface area (Å²) in [5, 5.41) is 25.8. The monoisotopic (exact) mass is 407 g/mol. The Hall–Kier alpha value is -2.20. The third-order valence-electron chi connectivity index (χ3n) is 5.39. The molecule has 2 fully saturated rings. The predicted molar refractivity (Wildman–Crippen MR) is 105 cm³/mol. The van der Waals surface area contributed by atoms with Gasteiger partial charge in [0.25, 0.3) is 0 Å². The van der Waals surface area contributed by atoms with Crippen molar-refractivity contribution in [2.24, 2.45) is 0 Å². The Morgan fingerprint density at radius 3 is 2.66 bits per heavy atom. The highest BCUT2D eigenvalue weighted by Gasteiger charge is 2.44. The third-order valence-corrected chi connectivity index (χ3v) is 5.39. The number of aliphatic hydroxyl groups is 2. The van der Waals surface area contributed by atoms with Crippen LogP contribution in [0.1, 0.15) is 19.3 Å². The smallest absolute Gasteiger partial charge is 0.319 e. The van der Waals surface area contributed by atoms with Crippen molar-refractivity contribution < 1.29 is 29.3 Å². The van der Waals surface area contributed by atoms with Crippen LogP contribution in [0.15, 0.2) is 30.3 Å². The van der Waals surface area contributed by atoms with Crippen LogP contribution in [0.25, 0.3) is 0 Å². The van der Waals surface area contributed by atoms with E-state index >= 15 is 0 Å². The van der Waals surface area contributed by atoms with Crippen LogP contribution in [0.4, 0.5) is 10.5 Å². The second-order valence-corrected chi connectivity index (χ2v) is 7.44. The van der Waals surface area contributed by atoms with E-state index in [1.807, 2.05) is 6.07 Å². The zero-order valence-corrected chi connectivity index (χ0v) is 16.5. The average Bonchev–Trinajstić information content (AvgIpc) is 3.28. The highest BCUT2D eigenvalue weighted by molar-refractivity contribution is 5.89. The molecule has 1 aromatic rings. The molecule has 160 valence electrons. The van der Waals surface area contributed by atoms with E-state index < -0.39 is 30.4 Å². The fourth-order valence-corrected chi connectivity index (χ4v) is 3.87. The number of aliphatic hydroxyl groups excluding tert-OH is 2. The first kappa shape index (κ1) is 21.5. The highest BCUT2D eigenvalue weighted by Crippen LogP contribution is 2.26. The number of amides is 3. The first-order valence-corrected chi connectivity index (χ1v) is 9.89. The second-order valence-electron chi connectivity index (χ2n) is 7.44. The molecule has 0 aliphatic carbocycles. The van der Waals surface area contributed by atoms with Crippen LogP contribution in [0, 0.1) is 0 Å². The normalized spacial score (nSPS) is 29.1. The molecule has 0 unspecified atom stereocenters. The molecule has 0 bridgehead atoms. The Morgan fingerprint density at radius 2 is 1.93 bits per heavy atom. The molecule has 5 atom stereocenters. The lowest BCUT2D eigenvalue weighted by Gasteiger charge is -2.26. The number of nitrogens with one attached hydrogen (secondary N) is 2. The number of carbonyl (C=O) groups is 2. The van der Waals surface area contributed by atoms with Crippen molar-refractivity contribution in [1.82, 2.24) is 10.2 Å². The number of likely N-dealkylation sites (tertiary alicyclic amines) is 1. The number of nitrogens with zero attached hydrogens (tertiary/aromatic N) is 1. The molecule has 0 aromatic heterocycles. The summed E-state index contributed by atoms with van der Waals surface area (Å²) in [6.07, 6.45) is -2.20. The van der Waals surface area contributed by atoms with Crippen LogP contribution < -0.4 is 10.6 Å². The minimum absolute atomic E-state index is 0.0115. The average molecular weight is 407 g/mol. The number of methoxy groups -OCH3 is 1. The van der Waals surface area contributed by atoms with Gasteiger partial charge in [-0.1, -0.05) is 18.2 Å². The molecule has 2 aliphatic heterocycles. The zero-order valence-electron chi connectivity index (χ0n) is 16.5. The Labute approximate surface area is 170 Å². The molecule has 0 radical (unpaired) electrons. The van der Waals surface area contributed by atoms with Gasteiger partial charge in [0.1, 0.15) is 18.3 Å². The molecule has 4 N–H and O–H groups in total. The molecule has 29 heavy (non-hydrogen) atoms. The lowest BCUT2D eigenvalue weighted by molar-refractivity contribution is -0.137. The van der Waals surface area contributed by atoms with Crippen LogP contribution in [0.5, 0.6) is 0 Å². The van der Waals surface area contributed by atoms with Gasteiger partial charge in [0.2, 0.25) is 5.91 Å². The van der Waals surface area contributed by atoms with Gasteiger partial charge in [-0.25, -0.2) is 4.79 Å². The first-order chi connectivity index (χ1) is 14.0. The molecule has 9 nitrogen and oxygen atoms in total.